The summed E-state index contributed by atoms with van der Waals surface area (Å²) in [6, 6.07) is 4.95. The van der Waals surface area contributed by atoms with Gasteiger partial charge in [0.2, 0.25) is 0 Å². The number of carbonyl (C=O) groups excluding carboxylic acids is 1. The van der Waals surface area contributed by atoms with Crippen LogP contribution in [0.1, 0.15) is 21.5 Å². The Morgan fingerprint density at radius 3 is 2.64 bits per heavy atom. The van der Waals surface area contributed by atoms with Gasteiger partial charge in [0.1, 0.15) is 5.75 Å². The topological polar surface area (TPSA) is 50.1 Å². The summed E-state index contributed by atoms with van der Waals surface area (Å²) in [6.07, 6.45) is 0. The van der Waals surface area contributed by atoms with E-state index in [1.54, 1.807) is 6.92 Å². The first-order chi connectivity index (χ1) is 6.60. The predicted octanol–water partition coefficient (Wildman–Crippen LogP) is 2.25. The lowest BCUT2D eigenvalue weighted by Crippen LogP contribution is -1.96. The van der Waals surface area contributed by atoms with Crippen LogP contribution in [-0.2, 0) is 0 Å². The average molecular weight is 210 g/mol. The van der Waals surface area contributed by atoms with E-state index in [0.29, 0.717) is 16.9 Å². The molecular weight excluding hydrogens is 202 g/mol. The summed E-state index contributed by atoms with van der Waals surface area (Å²) in [5.41, 5.74) is 1.37. The Balaban J connectivity index is 3.41. The minimum atomic E-state index is -0.597. The maximum Gasteiger partial charge on any atom is 0.252 e. The number of nitrogens with zero attached hydrogens (tertiary/aromatic N) is 1. The second-order valence-electron chi connectivity index (χ2n) is 2.74. The van der Waals surface area contributed by atoms with Crippen LogP contribution in [0.3, 0.4) is 0 Å². The number of rotatable bonds is 2. The molecule has 0 unspecified atom stereocenters. The van der Waals surface area contributed by atoms with E-state index in [0.717, 1.165) is 0 Å². The maximum atomic E-state index is 10.9. The Morgan fingerprint density at radius 1 is 1.57 bits per heavy atom. The molecule has 0 aliphatic rings. The van der Waals surface area contributed by atoms with Gasteiger partial charge in [-0.3, -0.25) is 4.79 Å². The van der Waals surface area contributed by atoms with Gasteiger partial charge in [0.15, 0.2) is 0 Å². The van der Waals surface area contributed by atoms with Crippen LogP contribution in [0, 0.1) is 18.3 Å². The monoisotopic (exact) mass is 209 g/mol. The molecule has 0 spiro atoms. The highest BCUT2D eigenvalue weighted by Gasteiger charge is 2.10. The molecule has 0 N–H and O–H groups in total. The van der Waals surface area contributed by atoms with Gasteiger partial charge in [-0.15, -0.1) is 0 Å². The van der Waals surface area contributed by atoms with E-state index >= 15 is 0 Å². The van der Waals surface area contributed by atoms with Crippen molar-refractivity contribution < 1.29 is 9.53 Å². The third-order valence-electron chi connectivity index (χ3n) is 1.93. The summed E-state index contributed by atoms with van der Waals surface area (Å²) >= 11 is 5.31. The summed E-state index contributed by atoms with van der Waals surface area (Å²) in [4.78, 5) is 10.9. The molecule has 0 radical (unpaired) electrons. The molecule has 3 nitrogen and oxygen atoms in total. The Bertz CT molecular complexity index is 421. The van der Waals surface area contributed by atoms with Gasteiger partial charge in [0.05, 0.1) is 18.7 Å². The lowest BCUT2D eigenvalue weighted by atomic mass is 10.1. The van der Waals surface area contributed by atoms with E-state index in [-0.39, 0.29) is 5.56 Å². The molecule has 0 saturated heterocycles. The second-order valence-corrected chi connectivity index (χ2v) is 3.08. The van der Waals surface area contributed by atoms with Crippen LogP contribution in [0.2, 0.25) is 0 Å². The number of methoxy groups -OCH3 is 1. The molecule has 1 rings (SSSR count). The van der Waals surface area contributed by atoms with Crippen LogP contribution in [0.5, 0.6) is 5.75 Å². The van der Waals surface area contributed by atoms with Crippen molar-refractivity contribution in [1.29, 1.82) is 5.26 Å². The zero-order chi connectivity index (χ0) is 10.7. The first kappa shape index (κ1) is 10.6. The maximum absolute atomic E-state index is 10.9. The molecule has 14 heavy (non-hydrogen) atoms. The van der Waals surface area contributed by atoms with Crippen molar-refractivity contribution in [2.75, 3.05) is 7.11 Å². The van der Waals surface area contributed by atoms with Gasteiger partial charge >= 0.3 is 0 Å². The zero-order valence-corrected chi connectivity index (χ0v) is 8.55. The molecule has 0 bridgehead atoms. The summed E-state index contributed by atoms with van der Waals surface area (Å²) in [5.74, 6) is 0.494. The molecule has 72 valence electrons. The van der Waals surface area contributed by atoms with Crippen LogP contribution in [0.4, 0.5) is 0 Å². The number of benzene rings is 1. The molecule has 0 atom stereocenters. The van der Waals surface area contributed by atoms with Crippen molar-refractivity contribution in [2.24, 2.45) is 0 Å². The van der Waals surface area contributed by atoms with Crippen LogP contribution >= 0.6 is 11.6 Å². The smallest absolute Gasteiger partial charge is 0.252 e. The summed E-state index contributed by atoms with van der Waals surface area (Å²) in [5, 5.41) is 8.19. The molecule has 0 saturated carbocycles. The predicted molar refractivity (Wildman–Crippen MR) is 52.6 cm³/mol. The third-order valence-corrected chi connectivity index (χ3v) is 2.15. The standard InChI is InChI=1S/C10H8ClNO2/c1-6-8(5-12)3-7(10(11)13)4-9(6)14-2/h3-4H,1-2H3. The van der Waals surface area contributed by atoms with Crippen molar-refractivity contribution in [3.05, 3.63) is 28.8 Å². The molecule has 0 aliphatic carbocycles. The van der Waals surface area contributed by atoms with Crippen molar-refractivity contribution in [3.8, 4) is 11.8 Å². The Labute approximate surface area is 86.9 Å². The fourth-order valence-electron chi connectivity index (χ4n) is 1.13. The summed E-state index contributed by atoms with van der Waals surface area (Å²) in [6.45, 7) is 1.75. The van der Waals surface area contributed by atoms with Gasteiger partial charge in [0.25, 0.3) is 5.24 Å². The lowest BCUT2D eigenvalue weighted by molar-refractivity contribution is 0.108. The first-order valence-corrected chi connectivity index (χ1v) is 4.26. The van der Waals surface area contributed by atoms with Crippen molar-refractivity contribution in [3.63, 3.8) is 0 Å². The van der Waals surface area contributed by atoms with E-state index in [1.807, 2.05) is 6.07 Å². The average Bonchev–Trinajstić information content (AvgIpc) is 2.17. The van der Waals surface area contributed by atoms with Crippen LogP contribution in [-0.4, -0.2) is 12.4 Å². The number of nitriles is 1. The number of ether oxygens (including phenoxy) is 1. The number of halogens is 1. The highest BCUT2D eigenvalue weighted by molar-refractivity contribution is 6.67. The first-order valence-electron chi connectivity index (χ1n) is 3.88. The lowest BCUT2D eigenvalue weighted by Gasteiger charge is -2.07. The largest absolute Gasteiger partial charge is 0.496 e. The van der Waals surface area contributed by atoms with Gasteiger partial charge in [0, 0.05) is 11.1 Å². The molecule has 0 amide bonds. The number of hydrogen-bond acceptors (Lipinski definition) is 3. The fraction of sp³-hybridized carbons (Fsp3) is 0.200. The van der Waals surface area contributed by atoms with E-state index in [1.165, 1.54) is 19.2 Å². The molecule has 0 heterocycles. The highest BCUT2D eigenvalue weighted by Crippen LogP contribution is 2.24. The second kappa shape index (κ2) is 4.12. The highest BCUT2D eigenvalue weighted by atomic mass is 35.5. The molecule has 0 aromatic heterocycles. The van der Waals surface area contributed by atoms with Gasteiger partial charge in [-0.25, -0.2) is 0 Å². The molecule has 0 fully saturated rings. The quantitative estimate of drug-likeness (QED) is 0.702. The van der Waals surface area contributed by atoms with Crippen molar-refractivity contribution in [2.45, 2.75) is 6.92 Å². The summed E-state index contributed by atoms with van der Waals surface area (Å²) in [7, 11) is 1.48. The Morgan fingerprint density at radius 2 is 2.21 bits per heavy atom. The van der Waals surface area contributed by atoms with Gasteiger partial charge in [-0.05, 0) is 30.7 Å². The molecule has 1 aromatic carbocycles. The summed E-state index contributed by atoms with van der Waals surface area (Å²) < 4.78 is 5.02. The van der Waals surface area contributed by atoms with Crippen LogP contribution < -0.4 is 4.74 Å². The molecule has 1 aromatic rings. The normalized spacial score (nSPS) is 9.29. The van der Waals surface area contributed by atoms with E-state index in [4.69, 9.17) is 21.6 Å². The zero-order valence-electron chi connectivity index (χ0n) is 7.80. The van der Waals surface area contributed by atoms with E-state index in [9.17, 15) is 4.79 Å². The number of carbonyl (C=O) groups is 1. The van der Waals surface area contributed by atoms with Gasteiger partial charge in [-0.2, -0.15) is 5.26 Å². The number of hydrogen-bond donors (Lipinski definition) is 0. The minimum Gasteiger partial charge on any atom is -0.496 e. The van der Waals surface area contributed by atoms with Gasteiger partial charge in [-0.1, -0.05) is 0 Å². The van der Waals surface area contributed by atoms with Crippen molar-refractivity contribution in [1.82, 2.24) is 0 Å². The van der Waals surface area contributed by atoms with Crippen LogP contribution in [0.15, 0.2) is 12.1 Å². The van der Waals surface area contributed by atoms with Gasteiger partial charge < -0.3 is 4.74 Å². The van der Waals surface area contributed by atoms with E-state index in [2.05, 4.69) is 0 Å². The molecule has 4 heteroatoms. The Kier molecular flexibility index (Phi) is 3.10. The fourth-order valence-corrected chi connectivity index (χ4v) is 1.24. The third kappa shape index (κ3) is 1.86. The minimum absolute atomic E-state index is 0.269. The van der Waals surface area contributed by atoms with Crippen molar-refractivity contribution >= 4 is 16.8 Å². The molecular formula is C10H8ClNO2. The van der Waals surface area contributed by atoms with Crippen LogP contribution in [0.25, 0.3) is 0 Å². The molecule has 0 aliphatic heterocycles. The Hall–Kier alpha value is -1.53. The SMILES string of the molecule is COc1cc(C(=O)Cl)cc(C#N)c1C. The van der Waals surface area contributed by atoms with E-state index < -0.39 is 5.24 Å².